The van der Waals surface area contributed by atoms with E-state index < -0.39 is 5.82 Å². The summed E-state index contributed by atoms with van der Waals surface area (Å²) in [6, 6.07) is 17.3. The number of carbonyl (C=O) groups is 1. The Morgan fingerprint density at radius 2 is 1.96 bits per heavy atom. The Morgan fingerprint density at radius 3 is 2.75 bits per heavy atom. The lowest BCUT2D eigenvalue weighted by molar-refractivity contribution is -0.115. The molecule has 0 unspecified atom stereocenters. The minimum atomic E-state index is -0.506. The molecule has 0 radical (unpaired) electrons. The summed E-state index contributed by atoms with van der Waals surface area (Å²) < 4.78 is 20.9. The molecular formula is C21H17FN4O2. The molecule has 2 heterocycles. The summed E-state index contributed by atoms with van der Waals surface area (Å²) >= 11 is 0. The highest BCUT2D eigenvalue weighted by molar-refractivity contribution is 5.93. The SMILES string of the molecule is COc1ccc2nc(-c3ccc(F)c(NC(=O)Cc4ccccc4)c3)cn2n1. The molecule has 0 spiro atoms. The first-order chi connectivity index (χ1) is 13.6. The number of ether oxygens (including phenoxy) is 1. The van der Waals surface area contributed by atoms with Crippen molar-refractivity contribution in [1.29, 1.82) is 0 Å². The molecule has 6 nitrogen and oxygen atoms in total. The molecule has 2 aromatic carbocycles. The number of aromatic nitrogens is 3. The second-order valence-electron chi connectivity index (χ2n) is 6.21. The van der Waals surface area contributed by atoms with Crippen molar-refractivity contribution in [3.8, 4) is 17.1 Å². The first-order valence-corrected chi connectivity index (χ1v) is 8.66. The van der Waals surface area contributed by atoms with E-state index in [4.69, 9.17) is 4.74 Å². The van der Waals surface area contributed by atoms with Gasteiger partial charge < -0.3 is 10.1 Å². The normalized spacial score (nSPS) is 10.8. The number of imidazole rings is 1. The highest BCUT2D eigenvalue weighted by atomic mass is 19.1. The number of nitrogens with one attached hydrogen (secondary N) is 1. The van der Waals surface area contributed by atoms with Crippen molar-refractivity contribution in [2.75, 3.05) is 12.4 Å². The van der Waals surface area contributed by atoms with Gasteiger partial charge in [0.15, 0.2) is 5.65 Å². The molecule has 0 aliphatic heterocycles. The molecule has 28 heavy (non-hydrogen) atoms. The van der Waals surface area contributed by atoms with E-state index in [1.54, 1.807) is 35.0 Å². The van der Waals surface area contributed by atoms with Crippen molar-refractivity contribution in [1.82, 2.24) is 14.6 Å². The van der Waals surface area contributed by atoms with Crippen LogP contribution in [0.2, 0.25) is 0 Å². The van der Waals surface area contributed by atoms with E-state index in [0.717, 1.165) is 5.56 Å². The van der Waals surface area contributed by atoms with Gasteiger partial charge in [0.1, 0.15) is 5.82 Å². The highest BCUT2D eigenvalue weighted by Gasteiger charge is 2.12. The molecule has 4 aromatic rings. The van der Waals surface area contributed by atoms with Gasteiger partial charge in [-0.1, -0.05) is 30.3 Å². The first-order valence-electron chi connectivity index (χ1n) is 8.66. The molecule has 0 bridgehead atoms. The van der Waals surface area contributed by atoms with Crippen LogP contribution in [0.15, 0.2) is 66.9 Å². The zero-order valence-corrected chi connectivity index (χ0v) is 15.1. The number of rotatable bonds is 5. The molecular weight excluding hydrogens is 359 g/mol. The smallest absolute Gasteiger partial charge is 0.231 e. The molecule has 0 saturated carbocycles. The van der Waals surface area contributed by atoms with E-state index >= 15 is 0 Å². The fourth-order valence-corrected chi connectivity index (χ4v) is 2.87. The lowest BCUT2D eigenvalue weighted by atomic mass is 10.1. The summed E-state index contributed by atoms with van der Waals surface area (Å²) in [5.41, 5.74) is 2.88. The first kappa shape index (κ1) is 17.7. The third-order valence-corrected chi connectivity index (χ3v) is 4.25. The second kappa shape index (κ2) is 7.48. The van der Waals surface area contributed by atoms with Crippen molar-refractivity contribution in [2.24, 2.45) is 0 Å². The zero-order chi connectivity index (χ0) is 19.5. The largest absolute Gasteiger partial charge is 0.480 e. The van der Waals surface area contributed by atoms with Crippen LogP contribution < -0.4 is 10.1 Å². The fourth-order valence-electron chi connectivity index (χ4n) is 2.87. The minimum absolute atomic E-state index is 0.112. The Hall–Kier alpha value is -3.74. The van der Waals surface area contributed by atoms with Crippen LogP contribution in [0.5, 0.6) is 5.88 Å². The average Bonchev–Trinajstić information content (AvgIpc) is 3.13. The number of anilines is 1. The Balaban J connectivity index is 1.59. The van der Waals surface area contributed by atoms with Gasteiger partial charge in [0.2, 0.25) is 11.8 Å². The van der Waals surface area contributed by atoms with Gasteiger partial charge in [-0.3, -0.25) is 4.79 Å². The monoisotopic (exact) mass is 376 g/mol. The Morgan fingerprint density at radius 1 is 1.14 bits per heavy atom. The predicted molar refractivity (Wildman–Crippen MR) is 104 cm³/mol. The number of methoxy groups -OCH3 is 1. The Labute approximate surface area is 160 Å². The van der Waals surface area contributed by atoms with Crippen molar-refractivity contribution >= 4 is 17.2 Å². The number of fused-ring (bicyclic) bond motifs is 1. The maximum absolute atomic E-state index is 14.2. The molecule has 0 aliphatic carbocycles. The second-order valence-corrected chi connectivity index (χ2v) is 6.21. The average molecular weight is 376 g/mol. The molecule has 4 rings (SSSR count). The zero-order valence-electron chi connectivity index (χ0n) is 15.1. The molecule has 0 aliphatic rings. The summed E-state index contributed by atoms with van der Waals surface area (Å²) in [4.78, 5) is 16.8. The summed E-state index contributed by atoms with van der Waals surface area (Å²) in [5.74, 6) is -0.332. The number of hydrogen-bond donors (Lipinski definition) is 1. The van der Waals surface area contributed by atoms with Gasteiger partial charge in [-0.05, 0) is 29.8 Å². The number of hydrogen-bond acceptors (Lipinski definition) is 4. The van der Waals surface area contributed by atoms with E-state index in [9.17, 15) is 9.18 Å². The standard InChI is InChI=1S/C21H17FN4O2/c1-28-21-10-9-19-23-18(13-26(19)25-21)15-7-8-16(22)17(12-15)24-20(27)11-14-5-3-2-4-6-14/h2-10,12-13H,11H2,1H3,(H,24,27). The van der Waals surface area contributed by atoms with E-state index in [0.29, 0.717) is 22.8 Å². The van der Waals surface area contributed by atoms with Gasteiger partial charge in [-0.15, -0.1) is 5.10 Å². The van der Waals surface area contributed by atoms with Crippen LogP contribution in [0.25, 0.3) is 16.9 Å². The summed E-state index contributed by atoms with van der Waals surface area (Å²) in [5, 5.41) is 6.90. The van der Waals surface area contributed by atoms with Crippen LogP contribution in [-0.4, -0.2) is 27.6 Å². The maximum Gasteiger partial charge on any atom is 0.231 e. The van der Waals surface area contributed by atoms with Crippen LogP contribution in [0, 0.1) is 5.82 Å². The predicted octanol–water partition coefficient (Wildman–Crippen LogP) is 3.73. The van der Waals surface area contributed by atoms with Crippen molar-refractivity contribution in [3.63, 3.8) is 0 Å². The van der Waals surface area contributed by atoms with Crippen molar-refractivity contribution in [3.05, 3.63) is 78.2 Å². The van der Waals surface area contributed by atoms with Gasteiger partial charge in [-0.25, -0.2) is 13.9 Å². The number of amides is 1. The Kier molecular flexibility index (Phi) is 4.72. The van der Waals surface area contributed by atoms with Crippen LogP contribution in [-0.2, 0) is 11.2 Å². The quantitative estimate of drug-likeness (QED) is 0.576. The van der Waals surface area contributed by atoms with Crippen LogP contribution in [0.3, 0.4) is 0 Å². The molecule has 7 heteroatoms. The topological polar surface area (TPSA) is 68.5 Å². The summed E-state index contributed by atoms with van der Waals surface area (Å²) in [6.45, 7) is 0. The number of nitrogens with zero attached hydrogens (tertiary/aromatic N) is 3. The lowest BCUT2D eigenvalue weighted by Gasteiger charge is -2.08. The third kappa shape index (κ3) is 3.68. The molecule has 140 valence electrons. The van der Waals surface area contributed by atoms with Gasteiger partial charge in [0.05, 0.1) is 31.1 Å². The molecule has 2 aromatic heterocycles. The van der Waals surface area contributed by atoms with E-state index in [2.05, 4.69) is 15.4 Å². The van der Waals surface area contributed by atoms with Gasteiger partial charge in [-0.2, -0.15) is 0 Å². The fraction of sp³-hybridized carbons (Fsp3) is 0.0952. The van der Waals surface area contributed by atoms with Crippen LogP contribution >= 0.6 is 0 Å². The van der Waals surface area contributed by atoms with E-state index in [1.165, 1.54) is 13.2 Å². The van der Waals surface area contributed by atoms with E-state index in [1.807, 2.05) is 30.3 Å². The van der Waals surface area contributed by atoms with Gasteiger partial charge >= 0.3 is 0 Å². The van der Waals surface area contributed by atoms with Crippen LogP contribution in [0.1, 0.15) is 5.56 Å². The maximum atomic E-state index is 14.2. The summed E-state index contributed by atoms with van der Waals surface area (Å²) in [6.07, 6.45) is 1.89. The third-order valence-electron chi connectivity index (χ3n) is 4.25. The molecule has 1 N–H and O–H groups in total. The van der Waals surface area contributed by atoms with E-state index in [-0.39, 0.29) is 18.0 Å². The van der Waals surface area contributed by atoms with Crippen molar-refractivity contribution < 1.29 is 13.9 Å². The van der Waals surface area contributed by atoms with Gasteiger partial charge in [0.25, 0.3) is 0 Å². The van der Waals surface area contributed by atoms with Crippen molar-refractivity contribution in [2.45, 2.75) is 6.42 Å². The number of halogens is 1. The van der Waals surface area contributed by atoms with Crippen LogP contribution in [0.4, 0.5) is 10.1 Å². The Bertz CT molecular complexity index is 1140. The van der Waals surface area contributed by atoms with Gasteiger partial charge in [0, 0.05) is 11.6 Å². The molecule has 0 saturated heterocycles. The molecule has 0 atom stereocenters. The lowest BCUT2D eigenvalue weighted by Crippen LogP contribution is -2.15. The number of carbonyl (C=O) groups excluding carboxylic acids is 1. The highest BCUT2D eigenvalue weighted by Crippen LogP contribution is 2.25. The molecule has 1 amide bonds. The number of benzene rings is 2. The minimum Gasteiger partial charge on any atom is -0.480 e. The molecule has 0 fully saturated rings. The summed E-state index contributed by atoms with van der Waals surface area (Å²) in [7, 11) is 1.54.